The summed E-state index contributed by atoms with van der Waals surface area (Å²) in [5.74, 6) is -1.38. The number of cyclic esters (lactones) is 1. The normalized spacial score (nSPS) is 31.9. The highest BCUT2D eigenvalue weighted by Crippen LogP contribution is 2.41. The second kappa shape index (κ2) is 18.3. The van der Waals surface area contributed by atoms with E-state index in [1.54, 1.807) is 51.3 Å². The second-order valence-corrected chi connectivity index (χ2v) is 15.0. The molecule has 0 amide bonds. The highest BCUT2D eigenvalue weighted by Gasteiger charge is 2.55. The standard InChI is InChI=1S/C39H58ClNO9/c1-10-31(47-9)26(4)35-36(50-35)37(41(8)23-28-14-16-29(40)17-15-28)39(7,46)20-11-12-24(2)34-25(3)13-18-32(48-27(5)42)38(6,45)21-19-30(43)22-33(44)49-34/h11-18,20,25-26,30-32,34-37,43,45-46H,10,19,21-23H2,1-9H3/b18-13+,20-11+,24-12+/t25?,26-,30?,31+,32+,34-,35?,36?,37?,38?,39?/m1/s1. The first-order chi connectivity index (χ1) is 23.4. The Hall–Kier alpha value is -2.57. The maximum absolute atomic E-state index is 12.9. The summed E-state index contributed by atoms with van der Waals surface area (Å²) in [4.78, 5) is 26.8. The molecule has 0 saturated carbocycles. The zero-order valence-electron chi connectivity index (χ0n) is 31.0. The molecule has 0 bridgehead atoms. The maximum Gasteiger partial charge on any atom is 0.309 e. The lowest BCUT2D eigenvalue weighted by Crippen LogP contribution is -2.52. The minimum absolute atomic E-state index is 0.0273. The first-order valence-electron chi connectivity index (χ1n) is 17.6. The van der Waals surface area contributed by atoms with Gasteiger partial charge in [-0.2, -0.15) is 0 Å². The summed E-state index contributed by atoms with van der Waals surface area (Å²) in [5, 5.41) is 34.3. The molecule has 3 rings (SSSR count). The van der Waals surface area contributed by atoms with Crippen molar-refractivity contribution in [1.29, 1.82) is 0 Å². The summed E-state index contributed by atoms with van der Waals surface area (Å²) in [6.07, 6.45) is 6.41. The largest absolute Gasteiger partial charge is 0.457 e. The van der Waals surface area contributed by atoms with Gasteiger partial charge >= 0.3 is 11.9 Å². The van der Waals surface area contributed by atoms with Crippen molar-refractivity contribution in [3.05, 3.63) is 70.8 Å². The van der Waals surface area contributed by atoms with E-state index in [1.165, 1.54) is 6.92 Å². The van der Waals surface area contributed by atoms with Crippen LogP contribution in [-0.4, -0.2) is 100 Å². The number of carbonyl (C=O) groups excluding carboxylic acids is 2. The Bertz CT molecular complexity index is 1350. The lowest BCUT2D eigenvalue weighted by molar-refractivity contribution is -0.157. The molecule has 280 valence electrons. The number of esters is 2. The van der Waals surface area contributed by atoms with E-state index in [2.05, 4.69) is 18.7 Å². The van der Waals surface area contributed by atoms with Crippen molar-refractivity contribution >= 4 is 23.5 Å². The van der Waals surface area contributed by atoms with Gasteiger partial charge in [0.15, 0.2) is 0 Å². The van der Waals surface area contributed by atoms with Crippen LogP contribution in [0.3, 0.4) is 0 Å². The molecular weight excluding hydrogens is 662 g/mol. The van der Waals surface area contributed by atoms with E-state index in [9.17, 15) is 24.9 Å². The van der Waals surface area contributed by atoms with Crippen LogP contribution in [0.1, 0.15) is 79.7 Å². The summed E-state index contributed by atoms with van der Waals surface area (Å²) in [7, 11) is 3.67. The Labute approximate surface area is 303 Å². The van der Waals surface area contributed by atoms with Gasteiger partial charge in [0, 0.05) is 37.4 Å². The highest BCUT2D eigenvalue weighted by atomic mass is 35.5. The number of aliphatic hydroxyl groups is 3. The predicted molar refractivity (Wildman–Crippen MR) is 193 cm³/mol. The molecule has 2 heterocycles. The van der Waals surface area contributed by atoms with Gasteiger partial charge in [0.25, 0.3) is 0 Å². The van der Waals surface area contributed by atoms with Crippen molar-refractivity contribution in [2.24, 2.45) is 11.8 Å². The molecule has 11 heteroatoms. The summed E-state index contributed by atoms with van der Waals surface area (Å²) in [6.45, 7) is 13.0. The van der Waals surface area contributed by atoms with Gasteiger partial charge in [-0.15, -0.1) is 0 Å². The third-order valence-corrected chi connectivity index (χ3v) is 10.2. The van der Waals surface area contributed by atoms with Crippen LogP contribution in [0.15, 0.2) is 60.2 Å². The van der Waals surface area contributed by atoms with Crippen molar-refractivity contribution in [1.82, 2.24) is 4.90 Å². The van der Waals surface area contributed by atoms with Gasteiger partial charge in [0.1, 0.15) is 23.9 Å². The molecule has 1 saturated heterocycles. The van der Waals surface area contributed by atoms with Gasteiger partial charge in [0.2, 0.25) is 0 Å². The second-order valence-electron chi connectivity index (χ2n) is 14.5. The van der Waals surface area contributed by atoms with Crippen LogP contribution >= 0.6 is 11.6 Å². The first kappa shape index (κ1) is 41.8. The number of carbonyl (C=O) groups is 2. The van der Waals surface area contributed by atoms with E-state index in [0.717, 1.165) is 12.0 Å². The molecule has 1 aromatic carbocycles. The third-order valence-electron chi connectivity index (χ3n) is 9.96. The summed E-state index contributed by atoms with van der Waals surface area (Å²) in [5.41, 5.74) is -1.06. The Balaban J connectivity index is 1.91. The number of ether oxygens (including phenoxy) is 4. The van der Waals surface area contributed by atoms with Crippen LogP contribution < -0.4 is 0 Å². The average Bonchev–Trinajstić information content (AvgIpc) is 3.81. The van der Waals surface area contributed by atoms with E-state index in [-0.39, 0.29) is 49.4 Å². The lowest BCUT2D eigenvalue weighted by atomic mass is 9.86. The number of benzene rings is 1. The lowest BCUT2D eigenvalue weighted by Gasteiger charge is -2.37. The van der Waals surface area contributed by atoms with E-state index >= 15 is 0 Å². The van der Waals surface area contributed by atoms with Crippen LogP contribution in [-0.2, 0) is 35.1 Å². The monoisotopic (exact) mass is 719 g/mol. The summed E-state index contributed by atoms with van der Waals surface area (Å²) >= 11 is 6.13. The van der Waals surface area contributed by atoms with Crippen molar-refractivity contribution in [2.45, 2.75) is 135 Å². The number of methoxy groups -OCH3 is 1. The minimum atomic E-state index is -1.46. The molecular formula is C39H58ClNO9. The van der Waals surface area contributed by atoms with Crippen molar-refractivity contribution in [3.63, 3.8) is 0 Å². The molecule has 50 heavy (non-hydrogen) atoms. The van der Waals surface area contributed by atoms with Crippen LogP contribution in [0, 0.1) is 11.8 Å². The number of nitrogens with zero attached hydrogens (tertiary/aromatic N) is 1. The van der Waals surface area contributed by atoms with Crippen molar-refractivity contribution in [3.8, 4) is 0 Å². The molecule has 0 aliphatic carbocycles. The number of halogens is 1. The fourth-order valence-corrected chi connectivity index (χ4v) is 7.13. The zero-order chi connectivity index (χ0) is 37.4. The Morgan fingerprint density at radius 1 is 1.22 bits per heavy atom. The predicted octanol–water partition coefficient (Wildman–Crippen LogP) is 5.55. The van der Waals surface area contributed by atoms with E-state index in [0.29, 0.717) is 17.1 Å². The van der Waals surface area contributed by atoms with E-state index in [1.807, 2.05) is 45.2 Å². The third kappa shape index (κ3) is 11.7. The van der Waals surface area contributed by atoms with Gasteiger partial charge in [-0.1, -0.05) is 68.8 Å². The van der Waals surface area contributed by atoms with Gasteiger partial charge in [-0.3, -0.25) is 14.5 Å². The minimum Gasteiger partial charge on any atom is -0.457 e. The van der Waals surface area contributed by atoms with Crippen LogP contribution in [0.25, 0.3) is 0 Å². The fraction of sp³-hybridized carbons (Fsp3) is 0.641. The number of hydrogen-bond acceptors (Lipinski definition) is 10. The van der Waals surface area contributed by atoms with Crippen LogP contribution in [0.2, 0.25) is 5.02 Å². The number of aliphatic hydroxyl groups excluding tert-OH is 1. The number of hydrogen-bond donors (Lipinski definition) is 3. The molecule has 2 aliphatic rings. The molecule has 7 unspecified atom stereocenters. The molecule has 0 spiro atoms. The first-order valence-corrected chi connectivity index (χ1v) is 17.9. The smallest absolute Gasteiger partial charge is 0.309 e. The Morgan fingerprint density at radius 2 is 1.88 bits per heavy atom. The van der Waals surface area contributed by atoms with E-state index in [4.69, 9.17) is 30.5 Å². The summed E-state index contributed by atoms with van der Waals surface area (Å²) in [6, 6.07) is 7.21. The average molecular weight is 720 g/mol. The Kier molecular flexibility index (Phi) is 15.3. The maximum atomic E-state index is 12.9. The highest BCUT2D eigenvalue weighted by molar-refractivity contribution is 6.30. The molecule has 2 aliphatic heterocycles. The zero-order valence-corrected chi connectivity index (χ0v) is 31.8. The van der Waals surface area contributed by atoms with Crippen LogP contribution in [0.5, 0.6) is 0 Å². The van der Waals surface area contributed by atoms with Crippen molar-refractivity contribution < 1.29 is 43.9 Å². The van der Waals surface area contributed by atoms with E-state index < -0.39 is 47.5 Å². The SMILES string of the molecule is CC[C@H](OC)[C@@H](C)C1OC1C(N(C)Cc1ccc(Cl)cc1)C(C)(O)/C=C/C=C(\C)[C@H]1OC(=O)CC(O)CCC(C)(O)[C@@H](OC(C)=O)/C=C/C1C. The number of epoxide rings is 1. The molecule has 0 radical (unpaired) electrons. The van der Waals surface area contributed by atoms with Crippen molar-refractivity contribution in [2.75, 3.05) is 14.2 Å². The van der Waals surface area contributed by atoms with Gasteiger partial charge in [-0.25, -0.2) is 0 Å². The molecule has 3 N–H and O–H groups in total. The fourth-order valence-electron chi connectivity index (χ4n) is 7.00. The molecule has 11 atom stereocenters. The molecule has 10 nitrogen and oxygen atoms in total. The Morgan fingerprint density at radius 3 is 2.48 bits per heavy atom. The summed E-state index contributed by atoms with van der Waals surface area (Å²) < 4.78 is 23.3. The van der Waals surface area contributed by atoms with Gasteiger partial charge < -0.3 is 34.3 Å². The number of allylic oxidation sites excluding steroid dienone is 2. The molecule has 1 fully saturated rings. The van der Waals surface area contributed by atoms with Gasteiger partial charge in [0.05, 0.1) is 36.4 Å². The van der Waals surface area contributed by atoms with Gasteiger partial charge in [-0.05, 0) is 76.4 Å². The topological polar surface area (TPSA) is 138 Å². The quantitative estimate of drug-likeness (QED) is 0.103. The number of likely N-dealkylation sites (N-methyl/N-ethyl adjacent to an activating group) is 1. The number of rotatable bonds is 13. The molecule has 1 aromatic rings. The van der Waals surface area contributed by atoms with Crippen LogP contribution in [0.4, 0.5) is 0 Å². The molecule has 0 aromatic heterocycles.